The summed E-state index contributed by atoms with van der Waals surface area (Å²) in [4.78, 5) is 40.5. The molecule has 2 amide bonds. The predicted molar refractivity (Wildman–Crippen MR) is 312 cm³/mol. The molecule has 0 radical (unpaired) electrons. The van der Waals surface area contributed by atoms with E-state index < -0.39 is 129 Å². The summed E-state index contributed by atoms with van der Waals surface area (Å²) in [6, 6.07) is 17.0. The molecule has 0 spiro atoms. The van der Waals surface area contributed by atoms with Crippen LogP contribution in [0.2, 0.25) is 0 Å². The summed E-state index contributed by atoms with van der Waals surface area (Å²) >= 11 is 0. The van der Waals surface area contributed by atoms with Gasteiger partial charge in [-0.05, 0) is 105 Å². The maximum Gasteiger partial charge on any atom is 0.416 e. The summed E-state index contributed by atoms with van der Waals surface area (Å²) in [7, 11) is 0. The van der Waals surface area contributed by atoms with Crippen molar-refractivity contribution in [2.45, 2.75) is 106 Å². The molecule has 520 valence electrons. The number of aliphatic hydroxyl groups is 3. The van der Waals surface area contributed by atoms with Crippen molar-refractivity contribution in [3.8, 4) is 0 Å². The third-order valence-corrected chi connectivity index (χ3v) is 16.6. The van der Waals surface area contributed by atoms with Crippen LogP contribution in [0.15, 0.2) is 165 Å². The zero-order valence-electron chi connectivity index (χ0n) is 51.3. The number of benzene rings is 6. The zero-order valence-corrected chi connectivity index (χ0v) is 51.3. The molecule has 1 unspecified atom stereocenters. The first-order chi connectivity index (χ1) is 46.1. The second kappa shape index (κ2) is 29.2. The van der Waals surface area contributed by atoms with Gasteiger partial charge in [0.05, 0.1) is 61.6 Å². The van der Waals surface area contributed by atoms with E-state index in [1.165, 1.54) is 81.7 Å². The summed E-state index contributed by atoms with van der Waals surface area (Å²) in [5.74, 6) is -6.52. The summed E-state index contributed by atoms with van der Waals surface area (Å²) in [6.07, 6.45) is -8.97. The van der Waals surface area contributed by atoms with Gasteiger partial charge in [0, 0.05) is 58.6 Å². The first kappa shape index (κ1) is 72.7. The first-order valence-electron chi connectivity index (χ1n) is 29.3. The van der Waals surface area contributed by atoms with E-state index in [4.69, 9.17) is 9.47 Å². The molecule has 3 aromatic heterocycles. The molecule has 6 aromatic carbocycles. The molecular formula is C64H57F15N12O7. The lowest BCUT2D eigenvalue weighted by Crippen LogP contribution is -2.63. The van der Waals surface area contributed by atoms with E-state index in [-0.39, 0.29) is 72.7 Å². The maximum absolute atomic E-state index is 15.0. The summed E-state index contributed by atoms with van der Waals surface area (Å²) < 4.78 is 216. The fourth-order valence-electron chi connectivity index (χ4n) is 11.4. The van der Waals surface area contributed by atoms with Gasteiger partial charge in [-0.15, -0.1) is 0 Å². The van der Waals surface area contributed by atoms with Crippen molar-refractivity contribution in [3.05, 3.63) is 250 Å². The van der Waals surface area contributed by atoms with E-state index >= 15 is 0 Å². The van der Waals surface area contributed by atoms with E-state index in [1.54, 1.807) is 6.92 Å². The molecule has 11 rings (SSSR count). The van der Waals surface area contributed by atoms with Gasteiger partial charge >= 0.3 is 18.5 Å². The van der Waals surface area contributed by atoms with Crippen LogP contribution in [0.3, 0.4) is 0 Å². The highest BCUT2D eigenvalue weighted by Crippen LogP contribution is 2.43. The Morgan fingerprint density at radius 1 is 0.571 bits per heavy atom. The molecule has 34 heteroatoms. The molecule has 2 aliphatic rings. The second-order valence-corrected chi connectivity index (χ2v) is 22.6. The van der Waals surface area contributed by atoms with Crippen LogP contribution in [0.1, 0.15) is 86.7 Å². The van der Waals surface area contributed by atoms with Gasteiger partial charge in [-0.1, -0.05) is 30.3 Å². The van der Waals surface area contributed by atoms with Crippen molar-refractivity contribution in [1.29, 1.82) is 0 Å². The number of nitrogens with one attached hydrogen (secondary N) is 1. The number of β-amino-alcohol motifs (C(OH)–C–C–N with tert-alkyl or cyclic N) is 1. The highest BCUT2D eigenvalue weighted by Gasteiger charge is 2.53. The van der Waals surface area contributed by atoms with Crippen LogP contribution in [-0.2, 0) is 64.4 Å². The van der Waals surface area contributed by atoms with Gasteiger partial charge in [0.25, 0.3) is 11.8 Å². The number of carbonyl (C=O) groups is 2. The molecule has 0 bridgehead atoms. The number of halogens is 15. The second-order valence-electron chi connectivity index (χ2n) is 22.6. The Bertz CT molecular complexity index is 4160. The van der Waals surface area contributed by atoms with Crippen molar-refractivity contribution >= 4 is 11.8 Å². The predicted octanol–water partition coefficient (Wildman–Crippen LogP) is 10.5. The van der Waals surface area contributed by atoms with Crippen molar-refractivity contribution in [3.63, 3.8) is 0 Å². The smallest absolute Gasteiger partial charge is 0.381 e. The van der Waals surface area contributed by atoms with Gasteiger partial charge in [-0.2, -0.15) is 54.8 Å². The number of carbonyl (C=O) groups excluding carboxylic acids is 2. The fourth-order valence-corrected chi connectivity index (χ4v) is 11.4. The molecule has 2 aliphatic heterocycles. The van der Waals surface area contributed by atoms with Gasteiger partial charge in [0.15, 0.2) is 6.29 Å². The van der Waals surface area contributed by atoms with Crippen LogP contribution >= 0.6 is 0 Å². The average molecular weight is 1390 g/mol. The molecule has 9 aromatic rings. The summed E-state index contributed by atoms with van der Waals surface area (Å²) in [5.41, 5.74) is -8.18. The standard InChI is InChI=1S/C22H19F5N4O3.C22H19F5N4O2.C20H19F5N4O2/c1-13-21(10-30-12-28-11-29-30,17-7-6-16(23)8-18(17)24)34-19(32)9-31(13)20(33)14-2-4-15(5-3-14)22(25,26)27;1-14-21(11-30-13-28-12-29-30,18-7-6-17(23)10-19(18)24)33-9-8-31(14)20(32)15-2-4-16(5-3-15)22(25,26)27;1-12(28-18(30)13-2-4-14(5-3-13)20(23,24)25)19(31,9-29-11-26-10-27-29)16-7-6-15(21)8-17(16)22/h2-8,11-13,19,32H,9-10H2,1H3;2-7,10,12-14H,8-9,11H2,1H3;2-8,10-12,18,28,30-31H,9H2,1H3/t13-,19+,21-;14-,21-;12?,18-,19-/m111/s1. The monoisotopic (exact) mass is 1390 g/mol. The van der Waals surface area contributed by atoms with Gasteiger partial charge in [0.1, 0.15) is 95.9 Å². The zero-order chi connectivity index (χ0) is 71.3. The molecule has 4 N–H and O–H groups in total. The lowest BCUT2D eigenvalue weighted by Gasteiger charge is -2.50. The van der Waals surface area contributed by atoms with Crippen LogP contribution in [-0.4, -0.2) is 125 Å². The van der Waals surface area contributed by atoms with Crippen LogP contribution in [0.4, 0.5) is 65.9 Å². The summed E-state index contributed by atoms with van der Waals surface area (Å²) in [6.45, 7) is 3.89. The van der Waals surface area contributed by atoms with Crippen LogP contribution < -0.4 is 5.32 Å². The highest BCUT2D eigenvalue weighted by molar-refractivity contribution is 5.95. The van der Waals surface area contributed by atoms with Crippen molar-refractivity contribution in [1.82, 2.24) is 59.4 Å². The molecule has 2 saturated heterocycles. The minimum atomic E-state index is -4.57. The number of rotatable bonds is 15. The Morgan fingerprint density at radius 2 is 0.980 bits per heavy atom. The molecule has 5 heterocycles. The lowest BCUT2D eigenvalue weighted by atomic mass is 9.83. The van der Waals surface area contributed by atoms with Crippen molar-refractivity contribution in [2.24, 2.45) is 0 Å². The van der Waals surface area contributed by atoms with Gasteiger partial charge < -0.3 is 34.6 Å². The topological polar surface area (TPSA) is 224 Å². The largest absolute Gasteiger partial charge is 0.416 e. The SMILES string of the molecule is CC(N[C@H](O)c1ccc(C(F)(F)F)cc1)[C@](O)(Cn1cncn1)c1ccc(F)cc1F.C[C@H]1N(C(=O)c2ccc(C(F)(F)F)cc2)CCO[C@@]1(Cn1cncn1)c1ccc(F)cc1F.C[C@H]1N(C(=O)c2ccc(C(F)(F)F)cc2)C[C@@H](O)O[C@@]1(Cn1cncn1)c1ccc(F)cc1F. The number of nitrogens with zero attached hydrogens (tertiary/aromatic N) is 11. The Labute approximate surface area is 546 Å². The Balaban J connectivity index is 0.000000172. The number of morpholine rings is 2. The number of aliphatic hydroxyl groups excluding tert-OH is 2. The number of amides is 2. The molecule has 19 nitrogen and oxygen atoms in total. The van der Waals surface area contributed by atoms with E-state index in [0.29, 0.717) is 12.1 Å². The van der Waals surface area contributed by atoms with Crippen molar-refractivity contribution < 1.29 is 100 Å². The number of hydrogen-bond donors (Lipinski definition) is 4. The number of aromatic nitrogens is 9. The number of hydrogen-bond acceptors (Lipinski definition) is 14. The Morgan fingerprint density at radius 3 is 1.42 bits per heavy atom. The number of alkyl halides is 9. The summed E-state index contributed by atoms with van der Waals surface area (Å²) in [5, 5.41) is 46.9. The molecule has 0 aliphatic carbocycles. The average Bonchev–Trinajstić information content (AvgIpc) is 1.01. The Kier molecular flexibility index (Phi) is 21.7. The maximum atomic E-state index is 15.0. The minimum absolute atomic E-state index is 0.0161. The number of ether oxygens (including phenoxy) is 2. The van der Waals surface area contributed by atoms with Gasteiger partial charge in [0.2, 0.25) is 0 Å². The minimum Gasteiger partial charge on any atom is -0.381 e. The van der Waals surface area contributed by atoms with Gasteiger partial charge in [-0.25, -0.2) is 55.3 Å². The van der Waals surface area contributed by atoms with Crippen LogP contribution in [0.5, 0.6) is 0 Å². The molecule has 2 fully saturated rings. The van der Waals surface area contributed by atoms with E-state index in [1.807, 2.05) is 0 Å². The normalized spacial score (nSPS) is 20.3. The van der Waals surface area contributed by atoms with Crippen LogP contribution in [0.25, 0.3) is 0 Å². The highest BCUT2D eigenvalue weighted by atomic mass is 19.4. The molecular weight excluding hydrogens is 1330 g/mol. The first-order valence-corrected chi connectivity index (χ1v) is 29.3. The fraction of sp³-hybridized carbons (Fsp3) is 0.312. The van der Waals surface area contributed by atoms with Gasteiger partial charge in [-0.3, -0.25) is 14.9 Å². The van der Waals surface area contributed by atoms with E-state index in [9.17, 15) is 90.8 Å². The van der Waals surface area contributed by atoms with Crippen LogP contribution in [0, 0.1) is 34.9 Å². The quantitative estimate of drug-likeness (QED) is 0.0554. The van der Waals surface area contributed by atoms with Crippen molar-refractivity contribution in [2.75, 3.05) is 19.7 Å². The molecule has 98 heavy (non-hydrogen) atoms. The Hall–Kier alpha value is -9.61. The third kappa shape index (κ3) is 16.2. The van der Waals surface area contributed by atoms with E-state index in [0.717, 1.165) is 109 Å². The molecule has 8 atom stereocenters. The molecule has 0 saturated carbocycles. The van der Waals surface area contributed by atoms with E-state index in [2.05, 4.69) is 35.6 Å². The third-order valence-electron chi connectivity index (χ3n) is 16.6. The lowest BCUT2D eigenvalue weighted by molar-refractivity contribution is -0.255.